The quantitative estimate of drug-likeness (QED) is 0.603. The minimum Gasteiger partial charge on any atom is -0.353 e. The molecule has 1 saturated heterocycles. The highest BCUT2D eigenvalue weighted by molar-refractivity contribution is 6.35. The molecular formula is C15H18Cl2N2O4. The first-order valence-corrected chi connectivity index (χ1v) is 8.01. The Morgan fingerprint density at radius 2 is 1.91 bits per heavy atom. The third kappa shape index (κ3) is 4.35. The smallest absolute Gasteiger partial charge is 0.269 e. The number of unbranched alkanes of at least 4 members (excludes halogenated alkanes) is 1. The molecule has 2 amide bonds. The monoisotopic (exact) mass is 360 g/mol. The SMILES string of the molecule is CCCCNC(=O)C1(C(=O)Nc2cc(Cl)cc(Cl)c2)COCO1. The molecule has 2 N–H and O–H groups in total. The van der Waals surface area contributed by atoms with Crippen molar-refractivity contribution in [2.45, 2.75) is 25.4 Å². The Morgan fingerprint density at radius 3 is 2.48 bits per heavy atom. The summed E-state index contributed by atoms with van der Waals surface area (Å²) in [5.74, 6) is -1.14. The van der Waals surface area contributed by atoms with Gasteiger partial charge in [-0.1, -0.05) is 36.5 Å². The molecule has 0 saturated carbocycles. The molecule has 23 heavy (non-hydrogen) atoms. The maximum Gasteiger partial charge on any atom is 0.269 e. The van der Waals surface area contributed by atoms with E-state index < -0.39 is 17.4 Å². The first-order valence-electron chi connectivity index (χ1n) is 7.25. The minimum atomic E-state index is -1.71. The summed E-state index contributed by atoms with van der Waals surface area (Å²) < 4.78 is 10.4. The number of hydrogen-bond acceptors (Lipinski definition) is 4. The van der Waals surface area contributed by atoms with Crippen LogP contribution in [-0.2, 0) is 19.1 Å². The third-order valence-corrected chi connectivity index (χ3v) is 3.80. The predicted octanol–water partition coefficient (Wildman–Crippen LogP) is 2.59. The van der Waals surface area contributed by atoms with Crippen LogP contribution in [0.3, 0.4) is 0 Å². The van der Waals surface area contributed by atoms with Gasteiger partial charge in [0.1, 0.15) is 6.79 Å². The Bertz CT molecular complexity index is 569. The number of halogens is 2. The second kappa shape index (κ2) is 7.97. The summed E-state index contributed by atoms with van der Waals surface area (Å²) in [7, 11) is 0. The maximum absolute atomic E-state index is 12.6. The third-order valence-electron chi connectivity index (χ3n) is 3.36. The number of amides is 2. The van der Waals surface area contributed by atoms with Crippen molar-refractivity contribution in [3.05, 3.63) is 28.2 Å². The molecule has 1 aromatic carbocycles. The molecule has 0 bridgehead atoms. The number of carbonyl (C=O) groups excluding carboxylic acids is 2. The van der Waals surface area contributed by atoms with Crippen molar-refractivity contribution in [2.24, 2.45) is 0 Å². The number of nitrogens with one attached hydrogen (secondary N) is 2. The number of ether oxygens (including phenoxy) is 2. The highest BCUT2D eigenvalue weighted by Crippen LogP contribution is 2.25. The summed E-state index contributed by atoms with van der Waals surface area (Å²) in [5.41, 5.74) is -1.33. The van der Waals surface area contributed by atoms with Gasteiger partial charge in [-0.15, -0.1) is 0 Å². The zero-order chi connectivity index (χ0) is 16.9. The lowest BCUT2D eigenvalue weighted by Gasteiger charge is -2.24. The van der Waals surface area contributed by atoms with Crippen molar-refractivity contribution >= 4 is 40.7 Å². The van der Waals surface area contributed by atoms with E-state index in [0.717, 1.165) is 12.8 Å². The highest BCUT2D eigenvalue weighted by atomic mass is 35.5. The Labute approximate surface area is 144 Å². The molecule has 1 atom stereocenters. The standard InChI is InChI=1S/C15H18Cl2N2O4/c1-2-3-4-18-13(20)15(8-22-9-23-15)14(21)19-12-6-10(16)5-11(17)7-12/h5-7H,2-4,8-9H2,1H3,(H,18,20)(H,19,21). The van der Waals surface area contributed by atoms with Crippen molar-refractivity contribution in [1.82, 2.24) is 5.32 Å². The lowest BCUT2D eigenvalue weighted by molar-refractivity contribution is -0.151. The van der Waals surface area contributed by atoms with Gasteiger partial charge in [0.2, 0.25) is 0 Å². The molecular weight excluding hydrogens is 343 g/mol. The van der Waals surface area contributed by atoms with E-state index in [1.807, 2.05) is 6.92 Å². The molecule has 126 valence electrons. The number of benzene rings is 1. The van der Waals surface area contributed by atoms with E-state index in [0.29, 0.717) is 22.3 Å². The molecule has 1 aliphatic rings. The van der Waals surface area contributed by atoms with Gasteiger partial charge in [0.25, 0.3) is 17.4 Å². The topological polar surface area (TPSA) is 76.7 Å². The van der Waals surface area contributed by atoms with E-state index >= 15 is 0 Å². The van der Waals surface area contributed by atoms with Crippen LogP contribution in [0.4, 0.5) is 5.69 Å². The van der Waals surface area contributed by atoms with E-state index in [-0.39, 0.29) is 13.4 Å². The molecule has 0 aromatic heterocycles. The van der Waals surface area contributed by atoms with Gasteiger partial charge in [0.05, 0.1) is 6.61 Å². The largest absolute Gasteiger partial charge is 0.353 e. The summed E-state index contributed by atoms with van der Waals surface area (Å²) in [4.78, 5) is 24.9. The summed E-state index contributed by atoms with van der Waals surface area (Å²) in [5, 5.41) is 6.05. The predicted molar refractivity (Wildman–Crippen MR) is 87.6 cm³/mol. The first kappa shape index (κ1) is 18.0. The van der Waals surface area contributed by atoms with Crippen LogP contribution in [0.5, 0.6) is 0 Å². The van der Waals surface area contributed by atoms with Gasteiger partial charge < -0.3 is 20.1 Å². The summed E-state index contributed by atoms with van der Waals surface area (Å²) >= 11 is 11.8. The van der Waals surface area contributed by atoms with Crippen molar-refractivity contribution < 1.29 is 19.1 Å². The van der Waals surface area contributed by atoms with Crippen molar-refractivity contribution in [3.63, 3.8) is 0 Å². The second-order valence-corrected chi connectivity index (χ2v) is 6.03. The van der Waals surface area contributed by atoms with Crippen molar-refractivity contribution in [2.75, 3.05) is 25.3 Å². The van der Waals surface area contributed by atoms with Gasteiger partial charge in [-0.25, -0.2) is 0 Å². The molecule has 1 aliphatic heterocycles. The summed E-state index contributed by atoms with van der Waals surface area (Å²) in [6.45, 7) is 2.21. The van der Waals surface area contributed by atoms with Gasteiger partial charge >= 0.3 is 0 Å². The van der Waals surface area contributed by atoms with Gasteiger partial charge in [-0.05, 0) is 24.6 Å². The Balaban J connectivity index is 2.13. The Kier molecular flexibility index (Phi) is 6.24. The first-order chi connectivity index (χ1) is 11.0. The molecule has 8 heteroatoms. The maximum atomic E-state index is 12.6. The fraction of sp³-hybridized carbons (Fsp3) is 0.467. The van der Waals surface area contributed by atoms with Crippen molar-refractivity contribution in [1.29, 1.82) is 0 Å². The highest BCUT2D eigenvalue weighted by Gasteiger charge is 2.51. The Morgan fingerprint density at radius 1 is 1.22 bits per heavy atom. The van der Waals surface area contributed by atoms with E-state index in [4.69, 9.17) is 32.7 Å². The fourth-order valence-corrected chi connectivity index (χ4v) is 2.64. The average molecular weight is 361 g/mol. The zero-order valence-corrected chi connectivity index (χ0v) is 14.2. The van der Waals surface area contributed by atoms with Crippen LogP contribution >= 0.6 is 23.2 Å². The Hall–Kier alpha value is -1.34. The van der Waals surface area contributed by atoms with Crippen LogP contribution in [0.25, 0.3) is 0 Å². The molecule has 0 radical (unpaired) electrons. The van der Waals surface area contributed by atoms with E-state index in [1.165, 1.54) is 12.1 Å². The van der Waals surface area contributed by atoms with Gasteiger partial charge in [-0.2, -0.15) is 0 Å². The molecule has 2 rings (SSSR count). The zero-order valence-electron chi connectivity index (χ0n) is 12.7. The second-order valence-electron chi connectivity index (χ2n) is 5.16. The lowest BCUT2D eigenvalue weighted by atomic mass is 10.0. The fourth-order valence-electron chi connectivity index (χ4n) is 2.11. The molecule has 1 heterocycles. The normalized spacial score (nSPS) is 20.3. The van der Waals surface area contributed by atoms with Gasteiger partial charge in [0.15, 0.2) is 0 Å². The number of rotatable bonds is 6. The molecule has 1 unspecified atom stereocenters. The summed E-state index contributed by atoms with van der Waals surface area (Å²) in [6, 6.07) is 4.61. The number of carbonyl (C=O) groups is 2. The van der Waals surface area contributed by atoms with E-state index in [1.54, 1.807) is 6.07 Å². The number of hydrogen-bond donors (Lipinski definition) is 2. The molecule has 0 spiro atoms. The van der Waals surface area contributed by atoms with Crippen LogP contribution in [-0.4, -0.2) is 37.4 Å². The molecule has 6 nitrogen and oxygen atoms in total. The molecule has 1 aromatic rings. The van der Waals surface area contributed by atoms with Gasteiger partial charge in [0, 0.05) is 22.3 Å². The summed E-state index contributed by atoms with van der Waals surface area (Å²) in [6.07, 6.45) is 1.74. The van der Waals surface area contributed by atoms with E-state index in [2.05, 4.69) is 10.6 Å². The van der Waals surface area contributed by atoms with E-state index in [9.17, 15) is 9.59 Å². The van der Waals surface area contributed by atoms with Crippen LogP contribution < -0.4 is 10.6 Å². The average Bonchev–Trinajstić information content (AvgIpc) is 2.97. The van der Waals surface area contributed by atoms with Crippen molar-refractivity contribution in [3.8, 4) is 0 Å². The molecule has 1 fully saturated rings. The van der Waals surface area contributed by atoms with Crippen LogP contribution in [0.1, 0.15) is 19.8 Å². The van der Waals surface area contributed by atoms with Crippen LogP contribution in [0.15, 0.2) is 18.2 Å². The molecule has 0 aliphatic carbocycles. The minimum absolute atomic E-state index is 0.120. The van der Waals surface area contributed by atoms with Gasteiger partial charge in [-0.3, -0.25) is 9.59 Å². The van der Waals surface area contributed by atoms with Crippen LogP contribution in [0, 0.1) is 0 Å². The number of anilines is 1. The lowest BCUT2D eigenvalue weighted by Crippen LogP contribution is -2.57. The van der Waals surface area contributed by atoms with Crippen LogP contribution in [0.2, 0.25) is 10.0 Å².